The third-order valence-electron chi connectivity index (χ3n) is 3.73. The van der Waals surface area contributed by atoms with Crippen LogP contribution in [0, 0.1) is 5.92 Å². The number of rotatable bonds is 7. The lowest BCUT2D eigenvalue weighted by Gasteiger charge is -2.19. The van der Waals surface area contributed by atoms with Crippen LogP contribution in [0.4, 0.5) is 13.2 Å². The Kier molecular flexibility index (Phi) is 6.24. The Bertz CT molecular complexity index is 597. The van der Waals surface area contributed by atoms with Crippen LogP contribution in [-0.4, -0.2) is 36.6 Å². The first-order chi connectivity index (χ1) is 11.7. The summed E-state index contributed by atoms with van der Waals surface area (Å²) in [7, 11) is 0. The Labute approximate surface area is 141 Å². The predicted octanol–water partition coefficient (Wildman–Crippen LogP) is 2.64. The highest BCUT2D eigenvalue weighted by atomic mass is 19.4. The molecule has 1 heterocycles. The summed E-state index contributed by atoms with van der Waals surface area (Å²) in [6, 6.07) is 3.91. The summed E-state index contributed by atoms with van der Waals surface area (Å²) in [4.78, 5) is 23.1. The number of ether oxygens (including phenoxy) is 2. The first kappa shape index (κ1) is 19.0. The molecular weight excluding hydrogens is 343 g/mol. The van der Waals surface area contributed by atoms with E-state index in [0.717, 1.165) is 18.6 Å². The van der Waals surface area contributed by atoms with E-state index in [9.17, 15) is 22.8 Å². The summed E-state index contributed by atoms with van der Waals surface area (Å²) in [5.74, 6) is -1.78. The van der Waals surface area contributed by atoms with E-state index in [0.29, 0.717) is 18.8 Å². The molecule has 1 aliphatic rings. The van der Waals surface area contributed by atoms with Crippen molar-refractivity contribution < 1.29 is 37.3 Å². The fourth-order valence-electron chi connectivity index (χ4n) is 2.59. The molecule has 2 rings (SSSR count). The molecular formula is C16H18F3NO5. The minimum atomic E-state index is -4.81. The molecule has 0 aromatic heterocycles. The Morgan fingerprint density at radius 1 is 1.32 bits per heavy atom. The van der Waals surface area contributed by atoms with Gasteiger partial charge in [-0.05, 0) is 30.0 Å². The van der Waals surface area contributed by atoms with Gasteiger partial charge in [-0.1, -0.05) is 12.1 Å². The van der Waals surface area contributed by atoms with Gasteiger partial charge in [0.05, 0.1) is 12.5 Å². The molecule has 9 heteroatoms. The van der Waals surface area contributed by atoms with Crippen molar-refractivity contribution in [3.8, 4) is 5.75 Å². The number of nitrogens with one attached hydrogen (secondary N) is 1. The van der Waals surface area contributed by atoms with Crippen LogP contribution in [0.2, 0.25) is 0 Å². The smallest absolute Gasteiger partial charge is 0.481 e. The fourth-order valence-corrected chi connectivity index (χ4v) is 2.59. The van der Waals surface area contributed by atoms with Gasteiger partial charge in [0.2, 0.25) is 5.91 Å². The second kappa shape index (κ2) is 8.19. The van der Waals surface area contributed by atoms with Crippen LogP contribution >= 0.6 is 0 Å². The number of carboxylic acid groups (broad SMARTS) is 1. The molecule has 0 aliphatic carbocycles. The summed E-state index contributed by atoms with van der Waals surface area (Å²) in [5, 5.41) is 11.6. The molecule has 0 spiro atoms. The van der Waals surface area contributed by atoms with Crippen LogP contribution in [0.3, 0.4) is 0 Å². The molecule has 6 nitrogen and oxygen atoms in total. The zero-order chi connectivity index (χ0) is 18.4. The Hall–Kier alpha value is -2.29. The van der Waals surface area contributed by atoms with Crippen molar-refractivity contribution >= 4 is 11.9 Å². The maximum atomic E-state index is 12.2. The third-order valence-corrected chi connectivity index (χ3v) is 3.73. The molecule has 0 radical (unpaired) electrons. The lowest BCUT2D eigenvalue weighted by atomic mass is 10.0. The number of alkyl halides is 3. The van der Waals surface area contributed by atoms with Gasteiger partial charge in [-0.25, -0.2) is 0 Å². The van der Waals surface area contributed by atoms with E-state index in [4.69, 9.17) is 9.84 Å². The van der Waals surface area contributed by atoms with Crippen LogP contribution in [0.5, 0.6) is 5.75 Å². The summed E-state index contributed by atoms with van der Waals surface area (Å²) in [6.45, 7) is 1.08. The maximum absolute atomic E-state index is 12.2. The van der Waals surface area contributed by atoms with Crippen molar-refractivity contribution in [1.82, 2.24) is 5.32 Å². The van der Waals surface area contributed by atoms with Crippen molar-refractivity contribution in [3.63, 3.8) is 0 Å². The summed E-state index contributed by atoms with van der Waals surface area (Å²) in [6.07, 6.45) is -4.21. The molecule has 1 amide bonds. The number of hydrogen-bond donors (Lipinski definition) is 2. The lowest BCUT2D eigenvalue weighted by Crippen LogP contribution is -2.31. The van der Waals surface area contributed by atoms with E-state index < -0.39 is 24.1 Å². The highest BCUT2D eigenvalue weighted by Crippen LogP contribution is 2.26. The summed E-state index contributed by atoms with van der Waals surface area (Å²) < 4.78 is 45.5. The minimum Gasteiger partial charge on any atom is -0.481 e. The summed E-state index contributed by atoms with van der Waals surface area (Å²) >= 11 is 0. The average molecular weight is 361 g/mol. The molecule has 0 unspecified atom stereocenters. The van der Waals surface area contributed by atoms with Crippen molar-refractivity contribution in [2.24, 2.45) is 5.92 Å². The summed E-state index contributed by atoms with van der Waals surface area (Å²) in [5.41, 5.74) is 0.382. The molecule has 1 aliphatic heterocycles. The van der Waals surface area contributed by atoms with Crippen molar-refractivity contribution in [2.75, 3.05) is 13.2 Å². The monoisotopic (exact) mass is 361 g/mol. The number of benzene rings is 1. The van der Waals surface area contributed by atoms with E-state index in [1.54, 1.807) is 0 Å². The molecule has 2 N–H and O–H groups in total. The zero-order valence-electron chi connectivity index (χ0n) is 13.2. The number of carbonyl (C=O) groups is 2. The van der Waals surface area contributed by atoms with E-state index in [-0.39, 0.29) is 24.7 Å². The van der Waals surface area contributed by atoms with E-state index in [1.807, 2.05) is 0 Å². The van der Waals surface area contributed by atoms with Gasteiger partial charge in [-0.15, -0.1) is 13.2 Å². The lowest BCUT2D eigenvalue weighted by molar-refractivity contribution is -0.274. The van der Waals surface area contributed by atoms with E-state index in [1.165, 1.54) is 12.1 Å². The molecule has 1 saturated heterocycles. The topological polar surface area (TPSA) is 84.9 Å². The minimum absolute atomic E-state index is 0.0908. The van der Waals surface area contributed by atoms with Gasteiger partial charge in [-0.3, -0.25) is 9.59 Å². The van der Waals surface area contributed by atoms with Crippen LogP contribution in [0.25, 0.3) is 0 Å². The van der Waals surface area contributed by atoms with Crippen molar-refractivity contribution in [3.05, 3.63) is 29.8 Å². The van der Waals surface area contributed by atoms with Crippen LogP contribution in [0.15, 0.2) is 24.3 Å². The number of halogens is 3. The quantitative estimate of drug-likeness (QED) is 0.780. The van der Waals surface area contributed by atoms with E-state index >= 15 is 0 Å². The largest absolute Gasteiger partial charge is 0.573 e. The Balaban J connectivity index is 2.02. The predicted molar refractivity (Wildman–Crippen MR) is 79.8 cm³/mol. The Morgan fingerprint density at radius 2 is 2.00 bits per heavy atom. The molecule has 0 saturated carbocycles. The first-order valence-corrected chi connectivity index (χ1v) is 7.67. The van der Waals surface area contributed by atoms with Crippen LogP contribution in [-0.2, 0) is 14.3 Å². The normalized spacial score (nSPS) is 18.6. The second-order valence-electron chi connectivity index (χ2n) is 5.77. The van der Waals surface area contributed by atoms with Crippen molar-refractivity contribution in [2.45, 2.75) is 31.7 Å². The third kappa shape index (κ3) is 6.61. The highest BCUT2D eigenvalue weighted by molar-refractivity contribution is 5.78. The SMILES string of the molecule is O=C(O)C[C@@H](NC(=O)C[C@@H]1CCOC1)c1ccc(OC(F)(F)F)cc1. The maximum Gasteiger partial charge on any atom is 0.573 e. The number of amides is 1. The highest BCUT2D eigenvalue weighted by Gasteiger charge is 2.31. The molecule has 1 fully saturated rings. The van der Waals surface area contributed by atoms with Crippen molar-refractivity contribution in [1.29, 1.82) is 0 Å². The molecule has 0 bridgehead atoms. The Morgan fingerprint density at radius 3 is 2.52 bits per heavy atom. The zero-order valence-corrected chi connectivity index (χ0v) is 13.2. The van der Waals surface area contributed by atoms with Crippen LogP contribution < -0.4 is 10.1 Å². The van der Waals surface area contributed by atoms with Gasteiger partial charge in [-0.2, -0.15) is 0 Å². The number of aliphatic carboxylic acids is 1. The van der Waals surface area contributed by atoms with Gasteiger partial charge >= 0.3 is 12.3 Å². The fraction of sp³-hybridized carbons (Fsp3) is 0.500. The van der Waals surface area contributed by atoms with Gasteiger partial charge in [0, 0.05) is 19.6 Å². The van der Waals surface area contributed by atoms with Gasteiger partial charge in [0.1, 0.15) is 5.75 Å². The van der Waals surface area contributed by atoms with Gasteiger partial charge in [0.25, 0.3) is 0 Å². The molecule has 2 atom stereocenters. The number of carboxylic acids is 1. The average Bonchev–Trinajstić information content (AvgIpc) is 2.98. The van der Waals surface area contributed by atoms with Gasteiger partial charge in [0.15, 0.2) is 0 Å². The number of carbonyl (C=O) groups excluding carboxylic acids is 1. The second-order valence-corrected chi connectivity index (χ2v) is 5.77. The number of hydrogen-bond acceptors (Lipinski definition) is 4. The molecule has 1 aromatic rings. The standard InChI is InChI=1S/C16H18F3NO5/c17-16(18,19)25-12-3-1-11(2-4-12)13(8-15(22)23)20-14(21)7-10-5-6-24-9-10/h1-4,10,13H,5-9H2,(H,20,21)(H,22,23)/t10-,13+/m0/s1. The first-order valence-electron chi connectivity index (χ1n) is 7.67. The molecule has 138 valence electrons. The molecule has 25 heavy (non-hydrogen) atoms. The van der Waals surface area contributed by atoms with Crippen LogP contribution in [0.1, 0.15) is 30.9 Å². The van der Waals surface area contributed by atoms with E-state index in [2.05, 4.69) is 10.1 Å². The molecule has 1 aromatic carbocycles. The van der Waals surface area contributed by atoms with Gasteiger partial charge < -0.3 is 19.9 Å².